The lowest BCUT2D eigenvalue weighted by atomic mass is 10.1. The molecule has 1 aromatic carbocycles. The summed E-state index contributed by atoms with van der Waals surface area (Å²) in [6.45, 7) is 0.205. The summed E-state index contributed by atoms with van der Waals surface area (Å²) in [6.07, 6.45) is -0.702. The highest BCUT2D eigenvalue weighted by molar-refractivity contribution is 7.81. The Morgan fingerprint density at radius 1 is 1.47 bits per heavy atom. The van der Waals surface area contributed by atoms with Crippen LogP contribution in [0.2, 0.25) is 0 Å². The van der Waals surface area contributed by atoms with Gasteiger partial charge in [-0.1, -0.05) is 16.0 Å². The molecule has 0 bridgehead atoms. The van der Waals surface area contributed by atoms with Crippen LogP contribution in [0.4, 0.5) is 3.89 Å². The first-order chi connectivity index (χ1) is 7.90. The van der Waals surface area contributed by atoms with Gasteiger partial charge in [0.1, 0.15) is 5.75 Å². The van der Waals surface area contributed by atoms with Crippen molar-refractivity contribution in [3.63, 3.8) is 0 Å². The predicted molar refractivity (Wildman–Crippen MR) is 55.9 cm³/mol. The molecular weight excluding hydrogens is 253 g/mol. The van der Waals surface area contributed by atoms with Crippen LogP contribution in [0.15, 0.2) is 24.3 Å². The number of hydrogen-bond donors (Lipinski definition) is 1. The van der Waals surface area contributed by atoms with Gasteiger partial charge in [0.25, 0.3) is 6.47 Å². The Balaban J connectivity index is 2.75. The second kappa shape index (κ2) is 5.60. The van der Waals surface area contributed by atoms with Crippen molar-refractivity contribution < 1.29 is 26.0 Å². The Hall–Kier alpha value is -1.67. The van der Waals surface area contributed by atoms with Crippen LogP contribution in [0.3, 0.4) is 0 Å². The van der Waals surface area contributed by atoms with E-state index in [1.807, 2.05) is 0 Å². The van der Waals surface area contributed by atoms with Gasteiger partial charge in [0.05, 0.1) is 0 Å². The van der Waals surface area contributed by atoms with Crippen molar-refractivity contribution in [2.45, 2.75) is 12.6 Å². The summed E-state index contributed by atoms with van der Waals surface area (Å²) in [5, 5.41) is 0. The third-order valence-electron chi connectivity index (χ3n) is 1.76. The highest BCUT2D eigenvalue weighted by Crippen LogP contribution is 2.16. The Morgan fingerprint density at radius 3 is 2.76 bits per heavy atom. The molecule has 0 saturated carbocycles. The van der Waals surface area contributed by atoms with Crippen LogP contribution in [0.5, 0.6) is 5.75 Å². The average molecular weight is 263 g/mol. The van der Waals surface area contributed by atoms with E-state index in [1.165, 1.54) is 18.2 Å². The maximum atomic E-state index is 12.2. The van der Waals surface area contributed by atoms with Gasteiger partial charge < -0.3 is 8.92 Å². The lowest BCUT2D eigenvalue weighted by molar-refractivity contribution is -0.133. The van der Waals surface area contributed by atoms with E-state index in [2.05, 4.69) is 8.92 Å². The van der Waals surface area contributed by atoms with Gasteiger partial charge in [-0.3, -0.25) is 10.5 Å². The molecule has 94 valence electrons. The number of halogens is 1. The number of nitrogens with two attached hydrogens (primary N) is 1. The number of carbonyl (C=O) groups is 1. The third kappa shape index (κ3) is 5.27. The summed E-state index contributed by atoms with van der Waals surface area (Å²) in [5.74, 6) is -0.177. The van der Waals surface area contributed by atoms with Crippen LogP contribution < -0.4 is 9.92 Å². The molecule has 1 rings (SSSR count). The molecule has 0 saturated heterocycles. The molecular formula is C9H10FNO5S. The maximum absolute atomic E-state index is 12.2. The second-order valence-electron chi connectivity index (χ2n) is 3.10. The summed E-state index contributed by atoms with van der Waals surface area (Å²) < 4.78 is 41.2. The van der Waals surface area contributed by atoms with Crippen molar-refractivity contribution in [3.8, 4) is 5.75 Å². The van der Waals surface area contributed by atoms with E-state index in [1.54, 1.807) is 6.07 Å². The van der Waals surface area contributed by atoms with Crippen molar-refractivity contribution in [2.75, 3.05) is 0 Å². The average Bonchev–Trinajstić information content (AvgIpc) is 2.15. The molecule has 0 aliphatic rings. The van der Waals surface area contributed by atoms with Gasteiger partial charge in [-0.15, -0.1) is 0 Å². The minimum Gasteiger partial charge on any atom is -0.449 e. The monoisotopic (exact) mass is 263 g/mol. The summed E-state index contributed by atoms with van der Waals surface area (Å²) >= 11 is 0. The van der Waals surface area contributed by atoms with E-state index in [0.717, 1.165) is 0 Å². The zero-order chi connectivity index (χ0) is 12.9. The first-order valence-corrected chi connectivity index (χ1v) is 5.79. The summed E-state index contributed by atoms with van der Waals surface area (Å²) in [4.78, 5) is 10.0. The van der Waals surface area contributed by atoms with Gasteiger partial charge in [0.15, 0.2) is 6.23 Å². The fraction of sp³-hybridized carbons (Fsp3) is 0.222. The zero-order valence-corrected chi connectivity index (χ0v) is 9.39. The standard InChI is InChI=1S/C9H10FNO5S/c10-17(13,14)16-8-3-1-2-7(4-8)5-9(11)15-6-12/h1-4,6,9H,5,11H2. The zero-order valence-electron chi connectivity index (χ0n) is 8.58. The molecule has 0 aliphatic carbocycles. The lowest BCUT2D eigenvalue weighted by Gasteiger charge is -2.09. The van der Waals surface area contributed by atoms with Gasteiger partial charge in [0.2, 0.25) is 0 Å². The topological polar surface area (TPSA) is 95.7 Å². The van der Waals surface area contributed by atoms with Gasteiger partial charge in [-0.05, 0) is 17.7 Å². The molecule has 0 radical (unpaired) electrons. The van der Waals surface area contributed by atoms with Crippen LogP contribution in [-0.2, 0) is 26.5 Å². The molecule has 0 spiro atoms. The van der Waals surface area contributed by atoms with E-state index >= 15 is 0 Å². The van der Waals surface area contributed by atoms with Crippen LogP contribution in [-0.4, -0.2) is 21.1 Å². The highest BCUT2D eigenvalue weighted by Gasteiger charge is 2.11. The Morgan fingerprint density at radius 2 is 2.18 bits per heavy atom. The SMILES string of the molecule is NC(Cc1cccc(OS(=O)(=O)F)c1)OC=O. The van der Waals surface area contributed by atoms with Crippen LogP contribution in [0.25, 0.3) is 0 Å². The minimum absolute atomic E-state index is 0.155. The van der Waals surface area contributed by atoms with Crippen molar-refractivity contribution in [1.29, 1.82) is 0 Å². The number of rotatable bonds is 6. The van der Waals surface area contributed by atoms with Gasteiger partial charge in [-0.25, -0.2) is 0 Å². The molecule has 0 aromatic heterocycles. The molecule has 1 atom stereocenters. The summed E-state index contributed by atoms with van der Waals surface area (Å²) in [6, 6.07) is 5.62. The lowest BCUT2D eigenvalue weighted by Crippen LogP contribution is -2.25. The molecule has 1 unspecified atom stereocenters. The van der Waals surface area contributed by atoms with E-state index in [4.69, 9.17) is 5.73 Å². The van der Waals surface area contributed by atoms with Crippen LogP contribution in [0, 0.1) is 0 Å². The van der Waals surface area contributed by atoms with Crippen LogP contribution >= 0.6 is 0 Å². The van der Waals surface area contributed by atoms with E-state index in [-0.39, 0.29) is 18.6 Å². The van der Waals surface area contributed by atoms with E-state index < -0.39 is 16.7 Å². The number of hydrogen-bond acceptors (Lipinski definition) is 6. The van der Waals surface area contributed by atoms with Crippen molar-refractivity contribution >= 4 is 17.0 Å². The summed E-state index contributed by atoms with van der Waals surface area (Å²) in [7, 11) is -5.05. The molecule has 0 amide bonds. The minimum atomic E-state index is -5.05. The van der Waals surface area contributed by atoms with Gasteiger partial charge in [-0.2, -0.15) is 8.42 Å². The van der Waals surface area contributed by atoms with Gasteiger partial charge >= 0.3 is 10.5 Å². The predicted octanol–water partition coefficient (Wildman–Crippen LogP) is 0.280. The molecule has 0 aliphatic heterocycles. The first-order valence-electron chi connectivity index (χ1n) is 4.48. The second-order valence-corrected chi connectivity index (χ2v) is 4.05. The Kier molecular flexibility index (Phi) is 4.41. The molecule has 17 heavy (non-hydrogen) atoms. The molecule has 1 aromatic rings. The van der Waals surface area contributed by atoms with E-state index in [0.29, 0.717) is 5.56 Å². The van der Waals surface area contributed by atoms with Crippen LogP contribution in [0.1, 0.15) is 5.56 Å². The smallest absolute Gasteiger partial charge is 0.449 e. The molecule has 8 heteroatoms. The fourth-order valence-electron chi connectivity index (χ4n) is 1.19. The number of ether oxygens (including phenoxy) is 1. The largest absolute Gasteiger partial charge is 0.488 e. The van der Waals surface area contributed by atoms with Crippen molar-refractivity contribution in [1.82, 2.24) is 0 Å². The normalized spacial score (nSPS) is 12.8. The molecule has 2 N–H and O–H groups in total. The third-order valence-corrected chi connectivity index (χ3v) is 2.15. The number of benzene rings is 1. The molecule has 0 heterocycles. The van der Waals surface area contributed by atoms with Crippen molar-refractivity contribution in [2.24, 2.45) is 5.73 Å². The van der Waals surface area contributed by atoms with Crippen molar-refractivity contribution in [3.05, 3.63) is 29.8 Å². The number of carbonyl (C=O) groups excluding carboxylic acids is 1. The maximum Gasteiger partial charge on any atom is 0.488 e. The fourth-order valence-corrected chi connectivity index (χ4v) is 1.52. The Labute approximate surface area is 97.6 Å². The molecule has 6 nitrogen and oxygen atoms in total. The van der Waals surface area contributed by atoms with Gasteiger partial charge in [0, 0.05) is 6.42 Å². The Bertz CT molecular complexity index is 490. The molecule has 0 fully saturated rings. The first kappa shape index (κ1) is 13.4. The quantitative estimate of drug-likeness (QED) is 0.450. The highest BCUT2D eigenvalue weighted by atomic mass is 32.3. The summed E-state index contributed by atoms with van der Waals surface area (Å²) in [5.41, 5.74) is 5.95. The van der Waals surface area contributed by atoms with E-state index in [9.17, 15) is 17.1 Å².